The van der Waals surface area contributed by atoms with Gasteiger partial charge in [0.15, 0.2) is 0 Å². The number of fused-ring (bicyclic) bond motifs is 1. The predicted molar refractivity (Wildman–Crippen MR) is 101 cm³/mol. The Bertz CT molecular complexity index is 805. The molecule has 0 unspecified atom stereocenters. The number of anilines is 3. The number of benzene rings is 2. The molecule has 0 spiro atoms. The molecule has 3 rings (SSSR count). The molecule has 0 aliphatic carbocycles. The standard InChI is InChI=1S/C19H20ClN3O2/c1-12(19(25)22-16-5-3-15(20)4-6-16)21-17-7-8-18-14(11-17)9-10-23(18)13(2)24/h3-8,11-12,21H,9-10H2,1-2H3,(H,22,25)/t12-/m0/s1. The fraction of sp³-hybridized carbons (Fsp3) is 0.263. The third-order valence-electron chi connectivity index (χ3n) is 4.24. The number of nitrogens with zero attached hydrogens (tertiary/aromatic N) is 1. The monoisotopic (exact) mass is 357 g/mol. The van der Waals surface area contributed by atoms with E-state index in [1.165, 1.54) is 0 Å². The summed E-state index contributed by atoms with van der Waals surface area (Å²) < 4.78 is 0. The van der Waals surface area contributed by atoms with Crippen LogP contribution in [-0.4, -0.2) is 24.4 Å². The van der Waals surface area contributed by atoms with Crippen LogP contribution in [0.4, 0.5) is 17.1 Å². The number of nitrogens with one attached hydrogen (secondary N) is 2. The van der Waals surface area contributed by atoms with Crippen molar-refractivity contribution in [3.63, 3.8) is 0 Å². The van der Waals surface area contributed by atoms with Gasteiger partial charge in [0.2, 0.25) is 11.8 Å². The quantitative estimate of drug-likeness (QED) is 0.877. The average Bonchev–Trinajstić information content (AvgIpc) is 3.00. The number of hydrogen-bond acceptors (Lipinski definition) is 3. The van der Waals surface area contributed by atoms with E-state index in [1.54, 1.807) is 43.0 Å². The van der Waals surface area contributed by atoms with Crippen LogP contribution in [0.25, 0.3) is 0 Å². The maximum absolute atomic E-state index is 12.3. The molecule has 0 radical (unpaired) electrons. The Morgan fingerprint density at radius 3 is 2.48 bits per heavy atom. The van der Waals surface area contributed by atoms with Gasteiger partial charge in [0.25, 0.3) is 0 Å². The van der Waals surface area contributed by atoms with E-state index in [9.17, 15) is 9.59 Å². The Kier molecular flexibility index (Phi) is 4.95. The summed E-state index contributed by atoms with van der Waals surface area (Å²) in [4.78, 5) is 25.7. The molecule has 2 N–H and O–H groups in total. The van der Waals surface area contributed by atoms with Crippen molar-refractivity contribution in [1.82, 2.24) is 0 Å². The zero-order valence-corrected chi connectivity index (χ0v) is 14.9. The van der Waals surface area contributed by atoms with Crippen molar-refractivity contribution in [3.05, 3.63) is 53.1 Å². The second-order valence-electron chi connectivity index (χ2n) is 6.13. The van der Waals surface area contributed by atoms with Crippen LogP contribution in [0.2, 0.25) is 5.02 Å². The first-order chi connectivity index (χ1) is 11.9. The van der Waals surface area contributed by atoms with E-state index in [0.717, 1.165) is 23.4 Å². The maximum atomic E-state index is 12.3. The van der Waals surface area contributed by atoms with Crippen LogP contribution in [0.3, 0.4) is 0 Å². The summed E-state index contributed by atoms with van der Waals surface area (Å²) >= 11 is 5.84. The normalized spacial score (nSPS) is 14.0. The van der Waals surface area contributed by atoms with Crippen LogP contribution in [0, 0.1) is 0 Å². The van der Waals surface area contributed by atoms with Gasteiger partial charge in [-0.25, -0.2) is 0 Å². The smallest absolute Gasteiger partial charge is 0.246 e. The summed E-state index contributed by atoms with van der Waals surface area (Å²) in [6.45, 7) is 4.09. The molecule has 130 valence electrons. The van der Waals surface area contributed by atoms with Crippen molar-refractivity contribution in [1.29, 1.82) is 0 Å². The first kappa shape index (κ1) is 17.3. The Morgan fingerprint density at radius 2 is 1.80 bits per heavy atom. The first-order valence-electron chi connectivity index (χ1n) is 8.18. The van der Waals surface area contributed by atoms with E-state index < -0.39 is 6.04 Å². The summed E-state index contributed by atoms with van der Waals surface area (Å²) in [5, 5.41) is 6.68. The van der Waals surface area contributed by atoms with Gasteiger partial charge in [-0.3, -0.25) is 9.59 Å². The molecule has 6 heteroatoms. The Hall–Kier alpha value is -2.53. The molecule has 25 heavy (non-hydrogen) atoms. The highest BCUT2D eigenvalue weighted by molar-refractivity contribution is 6.30. The van der Waals surface area contributed by atoms with Crippen molar-refractivity contribution in [2.24, 2.45) is 0 Å². The minimum Gasteiger partial charge on any atom is -0.374 e. The number of hydrogen-bond donors (Lipinski definition) is 2. The Balaban J connectivity index is 1.65. The largest absolute Gasteiger partial charge is 0.374 e. The second-order valence-corrected chi connectivity index (χ2v) is 6.56. The topological polar surface area (TPSA) is 61.4 Å². The molecule has 1 atom stereocenters. The van der Waals surface area contributed by atoms with Crippen LogP contribution in [0.5, 0.6) is 0 Å². The summed E-state index contributed by atoms with van der Waals surface area (Å²) in [5.41, 5.74) is 3.64. The molecule has 2 amide bonds. The van der Waals surface area contributed by atoms with Crippen LogP contribution in [0.1, 0.15) is 19.4 Å². The van der Waals surface area contributed by atoms with Gasteiger partial charge in [0.1, 0.15) is 6.04 Å². The molecule has 0 fully saturated rings. The SMILES string of the molecule is CC(=O)N1CCc2cc(N[C@@H](C)C(=O)Nc3ccc(Cl)cc3)ccc21. The van der Waals surface area contributed by atoms with E-state index in [0.29, 0.717) is 17.3 Å². The van der Waals surface area contributed by atoms with Gasteiger partial charge in [-0.15, -0.1) is 0 Å². The van der Waals surface area contributed by atoms with Gasteiger partial charge in [0, 0.05) is 35.6 Å². The number of halogens is 1. The fourth-order valence-electron chi connectivity index (χ4n) is 2.92. The van der Waals surface area contributed by atoms with E-state index in [4.69, 9.17) is 11.6 Å². The molecule has 0 saturated heterocycles. The summed E-state index contributed by atoms with van der Waals surface area (Å²) in [6, 6.07) is 12.4. The van der Waals surface area contributed by atoms with Gasteiger partial charge < -0.3 is 15.5 Å². The van der Waals surface area contributed by atoms with Crippen molar-refractivity contribution < 1.29 is 9.59 Å². The molecule has 1 heterocycles. The Labute approximate surface area is 152 Å². The molecule has 0 saturated carbocycles. The lowest BCUT2D eigenvalue weighted by atomic mass is 10.1. The van der Waals surface area contributed by atoms with Gasteiger partial charge in [-0.2, -0.15) is 0 Å². The van der Waals surface area contributed by atoms with Crippen molar-refractivity contribution in [2.75, 3.05) is 22.1 Å². The lowest BCUT2D eigenvalue weighted by Crippen LogP contribution is -2.31. The molecule has 5 nitrogen and oxygen atoms in total. The molecule has 1 aliphatic heterocycles. The summed E-state index contributed by atoms with van der Waals surface area (Å²) in [6.07, 6.45) is 0.829. The third-order valence-corrected chi connectivity index (χ3v) is 4.50. The van der Waals surface area contributed by atoms with Gasteiger partial charge >= 0.3 is 0 Å². The van der Waals surface area contributed by atoms with Crippen molar-refractivity contribution in [3.8, 4) is 0 Å². The summed E-state index contributed by atoms with van der Waals surface area (Å²) in [7, 11) is 0. The number of rotatable bonds is 4. The zero-order chi connectivity index (χ0) is 18.0. The van der Waals surface area contributed by atoms with Crippen molar-refractivity contribution in [2.45, 2.75) is 26.3 Å². The van der Waals surface area contributed by atoms with E-state index in [2.05, 4.69) is 10.6 Å². The maximum Gasteiger partial charge on any atom is 0.246 e. The van der Waals surface area contributed by atoms with Gasteiger partial charge in [0.05, 0.1) is 0 Å². The average molecular weight is 358 g/mol. The second kappa shape index (κ2) is 7.15. The molecule has 2 aromatic carbocycles. The van der Waals surface area contributed by atoms with Crippen LogP contribution in [-0.2, 0) is 16.0 Å². The number of carbonyl (C=O) groups is 2. The fourth-order valence-corrected chi connectivity index (χ4v) is 3.04. The zero-order valence-electron chi connectivity index (χ0n) is 14.2. The number of carbonyl (C=O) groups excluding carboxylic acids is 2. The molecule has 0 bridgehead atoms. The lowest BCUT2D eigenvalue weighted by molar-refractivity contribution is -0.117. The first-order valence-corrected chi connectivity index (χ1v) is 8.56. The molecular weight excluding hydrogens is 338 g/mol. The van der Waals surface area contributed by atoms with Gasteiger partial charge in [-0.1, -0.05) is 11.6 Å². The van der Waals surface area contributed by atoms with E-state index in [1.807, 2.05) is 18.2 Å². The highest BCUT2D eigenvalue weighted by Crippen LogP contribution is 2.30. The molecular formula is C19H20ClN3O2. The highest BCUT2D eigenvalue weighted by Gasteiger charge is 2.22. The lowest BCUT2D eigenvalue weighted by Gasteiger charge is -2.18. The van der Waals surface area contributed by atoms with Crippen LogP contribution < -0.4 is 15.5 Å². The molecule has 1 aliphatic rings. The van der Waals surface area contributed by atoms with Crippen LogP contribution >= 0.6 is 11.6 Å². The number of amides is 2. The summed E-state index contributed by atoms with van der Waals surface area (Å²) in [5.74, 6) is -0.0802. The van der Waals surface area contributed by atoms with Crippen molar-refractivity contribution >= 4 is 40.5 Å². The minimum atomic E-state index is -0.404. The van der Waals surface area contributed by atoms with E-state index in [-0.39, 0.29) is 11.8 Å². The highest BCUT2D eigenvalue weighted by atomic mass is 35.5. The predicted octanol–water partition coefficient (Wildman–Crippen LogP) is 3.69. The van der Waals surface area contributed by atoms with Gasteiger partial charge in [-0.05, 0) is 61.4 Å². The van der Waals surface area contributed by atoms with E-state index >= 15 is 0 Å². The Morgan fingerprint density at radius 1 is 1.12 bits per heavy atom. The molecule has 0 aromatic heterocycles. The molecule has 2 aromatic rings. The third kappa shape index (κ3) is 3.94. The minimum absolute atomic E-state index is 0.0511. The van der Waals surface area contributed by atoms with Crippen LogP contribution in [0.15, 0.2) is 42.5 Å².